The Morgan fingerprint density at radius 1 is 1.25 bits per heavy atom. The maximum atomic E-state index is 12.3. The van der Waals surface area contributed by atoms with E-state index < -0.39 is 0 Å². The molecule has 1 saturated heterocycles. The van der Waals surface area contributed by atoms with Crippen molar-refractivity contribution in [2.45, 2.75) is 25.0 Å². The molecule has 0 saturated carbocycles. The van der Waals surface area contributed by atoms with E-state index in [1.165, 1.54) is 0 Å². The Morgan fingerprint density at radius 2 is 2.04 bits per heavy atom. The van der Waals surface area contributed by atoms with Crippen molar-refractivity contribution < 1.29 is 9.53 Å². The molecule has 126 valence electrons. The molecule has 2 aromatic rings. The average Bonchev–Trinajstić information content (AvgIpc) is 3.10. The van der Waals surface area contributed by atoms with E-state index in [0.29, 0.717) is 18.0 Å². The van der Waals surface area contributed by atoms with Crippen LogP contribution < -0.4 is 20.9 Å². The molecule has 1 fully saturated rings. The lowest BCUT2D eigenvalue weighted by Crippen LogP contribution is -2.42. The van der Waals surface area contributed by atoms with Gasteiger partial charge in [0.05, 0.1) is 7.11 Å². The van der Waals surface area contributed by atoms with Crippen molar-refractivity contribution in [2.24, 2.45) is 0 Å². The second kappa shape index (κ2) is 7.66. The third kappa shape index (κ3) is 4.06. The van der Waals surface area contributed by atoms with Gasteiger partial charge in [-0.15, -0.1) is 0 Å². The minimum Gasteiger partial charge on any atom is -0.497 e. The summed E-state index contributed by atoms with van der Waals surface area (Å²) >= 11 is 6.02. The van der Waals surface area contributed by atoms with Crippen molar-refractivity contribution in [3.8, 4) is 5.75 Å². The molecule has 2 unspecified atom stereocenters. The second-order valence-electron chi connectivity index (χ2n) is 5.75. The molecule has 2 atom stereocenters. The van der Waals surface area contributed by atoms with Gasteiger partial charge in [-0.2, -0.15) is 0 Å². The van der Waals surface area contributed by atoms with Gasteiger partial charge in [0.25, 0.3) is 0 Å². The zero-order chi connectivity index (χ0) is 16.9. The van der Waals surface area contributed by atoms with Crippen molar-refractivity contribution in [3.63, 3.8) is 0 Å². The third-order valence-corrected chi connectivity index (χ3v) is 4.33. The molecule has 1 amide bonds. The topological polar surface area (TPSA) is 62.4 Å². The Balaban J connectivity index is 1.52. The van der Waals surface area contributed by atoms with E-state index in [9.17, 15) is 4.79 Å². The van der Waals surface area contributed by atoms with Crippen molar-refractivity contribution >= 4 is 17.5 Å². The number of nitrogens with one attached hydrogen (secondary N) is 3. The van der Waals surface area contributed by atoms with Crippen molar-refractivity contribution in [3.05, 3.63) is 64.7 Å². The Morgan fingerprint density at radius 3 is 2.75 bits per heavy atom. The molecule has 0 spiro atoms. The van der Waals surface area contributed by atoms with E-state index in [1.54, 1.807) is 7.11 Å². The van der Waals surface area contributed by atoms with Gasteiger partial charge < -0.3 is 10.1 Å². The van der Waals surface area contributed by atoms with Gasteiger partial charge in [-0.05, 0) is 41.8 Å². The van der Waals surface area contributed by atoms with Crippen LogP contribution in [0.4, 0.5) is 0 Å². The molecule has 0 aromatic heterocycles. The van der Waals surface area contributed by atoms with E-state index in [0.717, 1.165) is 16.9 Å². The minimum atomic E-state index is -0.271. The molecule has 0 aliphatic carbocycles. The average molecular weight is 346 g/mol. The Labute approximate surface area is 146 Å². The largest absolute Gasteiger partial charge is 0.497 e. The summed E-state index contributed by atoms with van der Waals surface area (Å²) in [5.41, 5.74) is 8.31. The van der Waals surface area contributed by atoms with E-state index in [-0.39, 0.29) is 18.0 Å². The van der Waals surface area contributed by atoms with E-state index in [1.807, 2.05) is 48.5 Å². The van der Waals surface area contributed by atoms with Crippen LogP contribution in [0.2, 0.25) is 5.02 Å². The first-order valence-corrected chi connectivity index (χ1v) is 8.20. The molecule has 1 heterocycles. The zero-order valence-electron chi connectivity index (χ0n) is 13.4. The summed E-state index contributed by atoms with van der Waals surface area (Å²) in [5.74, 6) is 0.777. The number of carbonyl (C=O) groups excluding carboxylic acids is 1. The summed E-state index contributed by atoms with van der Waals surface area (Å²) in [6.45, 7) is 0.489. The Bertz CT molecular complexity index is 706. The molecule has 24 heavy (non-hydrogen) atoms. The van der Waals surface area contributed by atoms with Gasteiger partial charge in [-0.1, -0.05) is 35.9 Å². The third-order valence-electron chi connectivity index (χ3n) is 4.10. The highest BCUT2D eigenvalue weighted by Gasteiger charge is 2.29. The lowest BCUT2D eigenvalue weighted by Gasteiger charge is -2.11. The molecule has 0 radical (unpaired) electrons. The highest BCUT2D eigenvalue weighted by atomic mass is 35.5. The molecule has 5 nitrogen and oxygen atoms in total. The molecule has 3 rings (SSSR count). The lowest BCUT2D eigenvalue weighted by atomic mass is 10.0. The minimum absolute atomic E-state index is 0.0251. The number of rotatable bonds is 5. The number of amides is 1. The van der Waals surface area contributed by atoms with Crippen molar-refractivity contribution in [1.29, 1.82) is 0 Å². The maximum absolute atomic E-state index is 12.3. The Kier molecular flexibility index (Phi) is 5.35. The fourth-order valence-electron chi connectivity index (χ4n) is 2.73. The van der Waals surface area contributed by atoms with Crippen LogP contribution in [0.3, 0.4) is 0 Å². The first kappa shape index (κ1) is 16.8. The molecule has 1 aliphatic heterocycles. The smallest absolute Gasteiger partial charge is 0.238 e. The van der Waals surface area contributed by atoms with Crippen LogP contribution in [0.25, 0.3) is 0 Å². The number of hydrogen-bond acceptors (Lipinski definition) is 4. The molecule has 3 N–H and O–H groups in total. The van der Waals surface area contributed by atoms with Crippen molar-refractivity contribution in [2.75, 3.05) is 7.11 Å². The normalized spacial score (nSPS) is 19.9. The SMILES string of the molecule is COc1ccc(CNC(=O)C2CC(c3cccc(Cl)c3)NN2)cc1. The predicted molar refractivity (Wildman–Crippen MR) is 93.7 cm³/mol. The van der Waals surface area contributed by atoms with Crippen LogP contribution in [0, 0.1) is 0 Å². The number of hydrogen-bond donors (Lipinski definition) is 3. The first-order valence-electron chi connectivity index (χ1n) is 7.83. The van der Waals surface area contributed by atoms with Crippen LogP contribution in [0.5, 0.6) is 5.75 Å². The monoisotopic (exact) mass is 345 g/mol. The van der Waals surface area contributed by atoms with E-state index >= 15 is 0 Å². The first-order chi connectivity index (χ1) is 11.7. The van der Waals surface area contributed by atoms with Crippen molar-refractivity contribution in [1.82, 2.24) is 16.2 Å². The summed E-state index contributed by atoms with van der Waals surface area (Å²) in [4.78, 5) is 12.3. The van der Waals surface area contributed by atoms with Crippen LogP contribution in [0.15, 0.2) is 48.5 Å². The van der Waals surface area contributed by atoms with Crippen LogP contribution in [-0.4, -0.2) is 19.1 Å². The maximum Gasteiger partial charge on any atom is 0.238 e. The predicted octanol–water partition coefficient (Wildman–Crippen LogP) is 2.57. The van der Waals surface area contributed by atoms with E-state index in [4.69, 9.17) is 16.3 Å². The highest BCUT2D eigenvalue weighted by molar-refractivity contribution is 6.30. The number of halogens is 1. The summed E-state index contributed by atoms with van der Waals surface area (Å²) < 4.78 is 5.12. The van der Waals surface area contributed by atoms with Gasteiger partial charge in [-0.25, -0.2) is 10.9 Å². The fourth-order valence-corrected chi connectivity index (χ4v) is 2.92. The molecular formula is C18H20ClN3O2. The number of hydrazine groups is 1. The highest BCUT2D eigenvalue weighted by Crippen LogP contribution is 2.24. The van der Waals surface area contributed by atoms with Crippen LogP contribution in [0.1, 0.15) is 23.6 Å². The van der Waals surface area contributed by atoms with Gasteiger partial charge in [0, 0.05) is 17.6 Å². The van der Waals surface area contributed by atoms with E-state index in [2.05, 4.69) is 16.2 Å². The number of ether oxygens (including phenoxy) is 1. The van der Waals surface area contributed by atoms with Gasteiger partial charge in [0.1, 0.15) is 11.8 Å². The summed E-state index contributed by atoms with van der Waals surface area (Å²) in [7, 11) is 1.63. The fraction of sp³-hybridized carbons (Fsp3) is 0.278. The molecule has 2 aromatic carbocycles. The zero-order valence-corrected chi connectivity index (χ0v) is 14.1. The molecule has 1 aliphatic rings. The van der Waals surface area contributed by atoms with Crippen LogP contribution in [-0.2, 0) is 11.3 Å². The second-order valence-corrected chi connectivity index (χ2v) is 6.19. The Hall–Kier alpha value is -2.08. The van der Waals surface area contributed by atoms with Gasteiger partial charge in [0.15, 0.2) is 0 Å². The molecular weight excluding hydrogens is 326 g/mol. The molecule has 0 bridgehead atoms. The number of carbonyl (C=O) groups is 1. The summed E-state index contributed by atoms with van der Waals surface area (Å²) in [6.07, 6.45) is 0.675. The van der Waals surface area contributed by atoms with Gasteiger partial charge in [0.2, 0.25) is 5.91 Å². The van der Waals surface area contributed by atoms with Gasteiger partial charge >= 0.3 is 0 Å². The number of methoxy groups -OCH3 is 1. The summed E-state index contributed by atoms with van der Waals surface area (Å²) in [6, 6.07) is 15.1. The quantitative estimate of drug-likeness (QED) is 0.779. The molecule has 6 heteroatoms. The van der Waals surface area contributed by atoms with Crippen LogP contribution >= 0.6 is 11.6 Å². The summed E-state index contributed by atoms with van der Waals surface area (Å²) in [5, 5.41) is 3.65. The lowest BCUT2D eigenvalue weighted by molar-refractivity contribution is -0.123. The van der Waals surface area contributed by atoms with Gasteiger partial charge in [-0.3, -0.25) is 4.79 Å². The standard InChI is InChI=1S/C18H20ClN3O2/c1-24-15-7-5-12(6-8-15)11-20-18(23)17-10-16(21-22-17)13-3-2-4-14(19)9-13/h2-9,16-17,21-22H,10-11H2,1H3,(H,20,23). The number of benzene rings is 2.